The molecule has 0 fully saturated rings. The predicted octanol–water partition coefficient (Wildman–Crippen LogP) is 7.05. The van der Waals surface area contributed by atoms with Gasteiger partial charge in [0.05, 0.1) is 11.0 Å². The van der Waals surface area contributed by atoms with Crippen LogP contribution in [-0.4, -0.2) is 22.0 Å². The second-order valence-corrected chi connectivity index (χ2v) is 8.90. The number of fused-ring (bicyclic) bond motifs is 1. The van der Waals surface area contributed by atoms with Crippen LogP contribution in [0.1, 0.15) is 104 Å². The number of para-hydroxylation sites is 2. The highest BCUT2D eigenvalue weighted by atomic mass is 16.1. The number of carbonyl (C=O) groups excluding carboxylic acids is 1. The summed E-state index contributed by atoms with van der Waals surface area (Å²) in [7, 11) is 0. The van der Waals surface area contributed by atoms with Crippen LogP contribution in [0.5, 0.6) is 0 Å². The van der Waals surface area contributed by atoms with Gasteiger partial charge in [0.15, 0.2) is 0 Å². The van der Waals surface area contributed by atoms with E-state index in [4.69, 9.17) is 4.98 Å². The molecule has 0 radical (unpaired) electrons. The lowest BCUT2D eigenvalue weighted by Gasteiger charge is -2.12. The third-order valence-electron chi connectivity index (χ3n) is 6.45. The predicted molar refractivity (Wildman–Crippen MR) is 132 cm³/mol. The van der Waals surface area contributed by atoms with E-state index in [-0.39, 0.29) is 11.8 Å². The van der Waals surface area contributed by atoms with Crippen LogP contribution >= 0.6 is 0 Å². The van der Waals surface area contributed by atoms with Gasteiger partial charge in [-0.05, 0) is 44.2 Å². The van der Waals surface area contributed by atoms with Crippen molar-refractivity contribution < 1.29 is 4.79 Å². The lowest BCUT2D eigenvalue weighted by atomic mass is 10.0. The molecule has 0 aliphatic heterocycles. The van der Waals surface area contributed by atoms with E-state index in [0.717, 1.165) is 57.1 Å². The van der Waals surface area contributed by atoms with Gasteiger partial charge < -0.3 is 9.88 Å². The molecule has 0 aliphatic carbocycles. The van der Waals surface area contributed by atoms with Crippen molar-refractivity contribution in [1.29, 1.82) is 0 Å². The average Bonchev–Trinajstić information content (AvgIpc) is 3.13. The molecule has 1 aromatic heterocycles. The first-order valence-corrected chi connectivity index (χ1v) is 12.9. The maximum absolute atomic E-state index is 12.1. The molecule has 0 aliphatic rings. The van der Waals surface area contributed by atoms with E-state index < -0.39 is 0 Å². The van der Waals surface area contributed by atoms with Gasteiger partial charge in [-0.25, -0.2) is 4.98 Å². The molecule has 0 saturated heterocycles. The van der Waals surface area contributed by atoms with E-state index in [9.17, 15) is 4.79 Å². The summed E-state index contributed by atoms with van der Waals surface area (Å²) in [5.41, 5.74) is 2.40. The topological polar surface area (TPSA) is 46.9 Å². The zero-order valence-electron chi connectivity index (χ0n) is 20.3. The highest BCUT2D eigenvalue weighted by Gasteiger charge is 2.13. The van der Waals surface area contributed by atoms with Crippen LogP contribution in [-0.2, 0) is 17.8 Å². The van der Waals surface area contributed by atoms with Gasteiger partial charge in [-0.2, -0.15) is 0 Å². The maximum atomic E-state index is 12.1. The Bertz CT molecular complexity index is 748. The van der Waals surface area contributed by atoms with Gasteiger partial charge in [0.25, 0.3) is 0 Å². The Morgan fingerprint density at radius 3 is 2.32 bits per heavy atom. The monoisotopic (exact) mass is 427 g/mol. The fourth-order valence-corrected chi connectivity index (χ4v) is 4.39. The fraction of sp³-hybridized carbons (Fsp3) is 0.704. The number of hydrogen-bond acceptors (Lipinski definition) is 2. The van der Waals surface area contributed by atoms with E-state index in [0.29, 0.717) is 0 Å². The number of unbranched alkanes of at least 4 members (excludes halogenated alkanes) is 8. The average molecular weight is 428 g/mol. The third kappa shape index (κ3) is 8.66. The Morgan fingerprint density at radius 2 is 1.58 bits per heavy atom. The Balaban J connectivity index is 1.76. The molecule has 0 atom stereocenters. The van der Waals surface area contributed by atoms with Gasteiger partial charge >= 0.3 is 0 Å². The maximum Gasteiger partial charge on any atom is 0.223 e. The van der Waals surface area contributed by atoms with Crippen molar-refractivity contribution in [3.8, 4) is 0 Å². The summed E-state index contributed by atoms with van der Waals surface area (Å²) >= 11 is 0. The van der Waals surface area contributed by atoms with Gasteiger partial charge in [0, 0.05) is 25.4 Å². The molecule has 0 spiro atoms. The summed E-state index contributed by atoms with van der Waals surface area (Å²) in [5.74, 6) is 1.63. The first kappa shape index (κ1) is 25.4. The molecule has 0 bridgehead atoms. The molecule has 2 aromatic rings. The molecule has 1 amide bonds. The SMILES string of the molecule is CCCCCCCCCn1c(CCCCCNC(=O)C(CC)CC)nc2ccccc21. The Morgan fingerprint density at radius 1 is 0.903 bits per heavy atom. The van der Waals surface area contributed by atoms with Crippen LogP contribution in [0.2, 0.25) is 0 Å². The molecular formula is C27H45N3O. The summed E-state index contributed by atoms with van der Waals surface area (Å²) in [6.45, 7) is 8.33. The van der Waals surface area contributed by atoms with Gasteiger partial charge in [-0.15, -0.1) is 0 Å². The number of rotatable bonds is 17. The Hall–Kier alpha value is -1.84. The van der Waals surface area contributed by atoms with Gasteiger partial charge in [0.2, 0.25) is 5.91 Å². The Labute approximate surface area is 190 Å². The second kappa shape index (κ2) is 15.0. The molecule has 174 valence electrons. The zero-order valence-corrected chi connectivity index (χ0v) is 20.3. The molecule has 4 heteroatoms. The number of aromatic nitrogens is 2. The van der Waals surface area contributed by atoms with E-state index in [2.05, 4.69) is 54.9 Å². The number of carbonyl (C=O) groups is 1. The zero-order chi connectivity index (χ0) is 22.3. The number of nitrogens with zero attached hydrogens (tertiary/aromatic N) is 2. The van der Waals surface area contributed by atoms with Crippen molar-refractivity contribution >= 4 is 16.9 Å². The van der Waals surface area contributed by atoms with E-state index >= 15 is 0 Å². The van der Waals surface area contributed by atoms with Gasteiger partial charge in [-0.3, -0.25) is 4.79 Å². The third-order valence-corrected chi connectivity index (χ3v) is 6.45. The molecule has 2 rings (SSSR count). The number of amides is 1. The molecule has 1 aromatic carbocycles. The minimum absolute atomic E-state index is 0.173. The summed E-state index contributed by atoms with van der Waals surface area (Å²) in [6.07, 6.45) is 15.5. The van der Waals surface area contributed by atoms with Crippen LogP contribution in [0.4, 0.5) is 0 Å². The first-order valence-electron chi connectivity index (χ1n) is 12.9. The molecule has 0 saturated carbocycles. The molecule has 1 heterocycles. The van der Waals surface area contributed by atoms with Crippen LogP contribution in [0, 0.1) is 5.92 Å². The van der Waals surface area contributed by atoms with Crippen LogP contribution in [0.15, 0.2) is 24.3 Å². The van der Waals surface area contributed by atoms with Crippen molar-refractivity contribution in [1.82, 2.24) is 14.9 Å². The number of benzene rings is 1. The largest absolute Gasteiger partial charge is 0.356 e. The number of hydrogen-bond donors (Lipinski definition) is 1. The van der Waals surface area contributed by atoms with E-state index in [1.807, 2.05) is 0 Å². The lowest BCUT2D eigenvalue weighted by Crippen LogP contribution is -2.30. The highest BCUT2D eigenvalue weighted by Crippen LogP contribution is 2.19. The van der Waals surface area contributed by atoms with Crippen LogP contribution < -0.4 is 5.32 Å². The highest BCUT2D eigenvalue weighted by molar-refractivity contribution is 5.78. The molecule has 0 unspecified atom stereocenters. The smallest absolute Gasteiger partial charge is 0.223 e. The first-order chi connectivity index (χ1) is 15.2. The summed E-state index contributed by atoms with van der Waals surface area (Å²) < 4.78 is 2.45. The van der Waals surface area contributed by atoms with E-state index in [1.54, 1.807) is 0 Å². The van der Waals surface area contributed by atoms with Crippen molar-refractivity contribution in [3.63, 3.8) is 0 Å². The lowest BCUT2D eigenvalue weighted by molar-refractivity contribution is -0.125. The minimum atomic E-state index is 0.173. The summed E-state index contributed by atoms with van der Waals surface area (Å²) in [6, 6.07) is 8.55. The molecule has 31 heavy (non-hydrogen) atoms. The van der Waals surface area contributed by atoms with Crippen molar-refractivity contribution in [2.75, 3.05) is 6.54 Å². The molecule has 4 nitrogen and oxygen atoms in total. The molecular weight excluding hydrogens is 382 g/mol. The fourth-order valence-electron chi connectivity index (χ4n) is 4.39. The van der Waals surface area contributed by atoms with Gasteiger partial charge in [-0.1, -0.05) is 77.8 Å². The summed E-state index contributed by atoms with van der Waals surface area (Å²) in [4.78, 5) is 17.0. The minimum Gasteiger partial charge on any atom is -0.356 e. The Kier molecular flexibility index (Phi) is 12.3. The normalized spacial score (nSPS) is 11.5. The number of nitrogens with one attached hydrogen (secondary N) is 1. The van der Waals surface area contributed by atoms with Crippen LogP contribution in [0.3, 0.4) is 0 Å². The van der Waals surface area contributed by atoms with E-state index in [1.165, 1.54) is 56.3 Å². The number of aryl methyl sites for hydroxylation is 2. The van der Waals surface area contributed by atoms with Crippen LogP contribution in [0.25, 0.3) is 11.0 Å². The van der Waals surface area contributed by atoms with Crippen molar-refractivity contribution in [3.05, 3.63) is 30.1 Å². The molecule has 1 N–H and O–H groups in total. The van der Waals surface area contributed by atoms with Gasteiger partial charge in [0.1, 0.15) is 5.82 Å². The quantitative estimate of drug-likeness (QED) is 0.275. The second-order valence-electron chi connectivity index (χ2n) is 8.90. The standard InChI is InChI=1S/C27H45N3O/c1-4-7-8-9-10-11-17-22-30-25-19-15-14-18-24(25)29-26(30)20-13-12-16-21-28-27(31)23(5-2)6-3/h14-15,18-19,23H,4-13,16-17,20-22H2,1-3H3,(H,28,31). The summed E-state index contributed by atoms with van der Waals surface area (Å²) in [5, 5.41) is 3.11. The van der Waals surface area contributed by atoms with Crippen molar-refractivity contribution in [2.45, 2.75) is 111 Å². The number of imidazole rings is 1. The van der Waals surface area contributed by atoms with Crippen molar-refractivity contribution in [2.24, 2.45) is 5.92 Å².